The van der Waals surface area contributed by atoms with Gasteiger partial charge in [0.05, 0.1) is 0 Å². The van der Waals surface area contributed by atoms with E-state index < -0.39 is 0 Å². The Morgan fingerprint density at radius 2 is 0.628 bits per heavy atom. The maximum Gasteiger partial charge on any atom is -0.0298 e. The monoisotopic (exact) mass is 607 g/mol. The van der Waals surface area contributed by atoms with Crippen LogP contribution in [0.2, 0.25) is 0 Å². The average molecular weight is 607 g/mol. The molecule has 0 aromatic rings. The normalized spacial score (nSPS) is 29.0. The van der Waals surface area contributed by atoms with Crippen LogP contribution in [-0.4, -0.2) is 0 Å². The van der Waals surface area contributed by atoms with Gasteiger partial charge in [0.15, 0.2) is 0 Å². The number of rotatable bonds is 5. The zero-order valence-corrected chi connectivity index (χ0v) is 33.3. The lowest BCUT2D eigenvalue weighted by atomic mass is 9.61. The van der Waals surface area contributed by atoms with Crippen molar-refractivity contribution in [1.82, 2.24) is 0 Å². The molecule has 3 fully saturated rings. The molecule has 0 radical (unpaired) electrons. The quantitative estimate of drug-likeness (QED) is 0.292. The van der Waals surface area contributed by atoms with Crippen LogP contribution in [0.5, 0.6) is 0 Å². The van der Waals surface area contributed by atoms with E-state index in [1.54, 1.807) is 25.7 Å². The van der Waals surface area contributed by atoms with Crippen LogP contribution in [0, 0.1) is 52.8 Å². The van der Waals surface area contributed by atoms with Crippen LogP contribution in [0.25, 0.3) is 0 Å². The van der Waals surface area contributed by atoms with Crippen LogP contribution in [0.3, 0.4) is 0 Å². The molecule has 0 atom stereocenters. The average Bonchev–Trinajstić information content (AvgIpc) is 2.91. The second-order valence-corrected chi connectivity index (χ2v) is 15.7. The molecule has 0 saturated heterocycles. The third-order valence-corrected chi connectivity index (χ3v) is 11.5. The van der Waals surface area contributed by atoms with Crippen LogP contribution in [0.4, 0.5) is 0 Å². The lowest BCUT2D eigenvalue weighted by Crippen LogP contribution is -2.35. The summed E-state index contributed by atoms with van der Waals surface area (Å²) >= 11 is 0. The van der Waals surface area contributed by atoms with E-state index >= 15 is 0 Å². The van der Waals surface area contributed by atoms with Gasteiger partial charge < -0.3 is 0 Å². The van der Waals surface area contributed by atoms with E-state index in [2.05, 4.69) is 69.2 Å². The summed E-state index contributed by atoms with van der Waals surface area (Å²) in [4.78, 5) is 0. The molecule has 0 heterocycles. The molecule has 3 rings (SSSR count). The molecular formula is C43H90. The first kappa shape index (κ1) is 45.1. The Morgan fingerprint density at radius 1 is 0.419 bits per heavy atom. The summed E-state index contributed by atoms with van der Waals surface area (Å²) in [5.74, 6) is 7.87. The van der Waals surface area contributed by atoms with Gasteiger partial charge in [-0.2, -0.15) is 0 Å². The van der Waals surface area contributed by atoms with Crippen molar-refractivity contribution < 1.29 is 0 Å². The van der Waals surface area contributed by atoms with Gasteiger partial charge in [-0.05, 0) is 78.4 Å². The fourth-order valence-corrected chi connectivity index (χ4v) is 8.75. The standard InChI is InChI=1S/C33H62.2C3H8.2C2H6/c1-25(2)27-13-7-17-29(18-8-14-27)30-19-11-23-32(24-12-20-30)33(5,6)31-21-9-15-28(26(3)4)16-10-22-31;2*1-3-2;2*1-2/h25-32H,7-24H2,1-6H3;2*3H2,1-2H3;2*1-2H3. The van der Waals surface area contributed by atoms with Crippen LogP contribution >= 0.6 is 0 Å². The molecule has 0 aromatic heterocycles. The Labute approximate surface area is 277 Å². The van der Waals surface area contributed by atoms with Crippen LogP contribution in [0.15, 0.2) is 0 Å². The van der Waals surface area contributed by atoms with Gasteiger partial charge in [-0.25, -0.2) is 0 Å². The van der Waals surface area contributed by atoms with Gasteiger partial charge in [0.25, 0.3) is 0 Å². The molecule has 0 bridgehead atoms. The minimum atomic E-state index is 0.559. The van der Waals surface area contributed by atoms with Crippen molar-refractivity contribution in [3.05, 3.63) is 0 Å². The van der Waals surface area contributed by atoms with E-state index in [1.165, 1.54) is 103 Å². The summed E-state index contributed by atoms with van der Waals surface area (Å²) in [6.07, 6.45) is 29.8. The number of hydrogen-bond donors (Lipinski definition) is 0. The second-order valence-electron chi connectivity index (χ2n) is 15.7. The summed E-state index contributed by atoms with van der Waals surface area (Å²) in [6, 6.07) is 0. The third kappa shape index (κ3) is 18.7. The van der Waals surface area contributed by atoms with Crippen molar-refractivity contribution in [1.29, 1.82) is 0 Å². The lowest BCUT2D eigenvalue weighted by Gasteiger charge is -2.44. The molecule has 0 heteroatoms. The molecular weight excluding hydrogens is 516 g/mol. The highest BCUT2D eigenvalue weighted by Crippen LogP contribution is 2.48. The van der Waals surface area contributed by atoms with E-state index in [1.807, 2.05) is 27.7 Å². The van der Waals surface area contributed by atoms with Gasteiger partial charge in [0.2, 0.25) is 0 Å². The minimum absolute atomic E-state index is 0.559. The van der Waals surface area contributed by atoms with E-state index in [4.69, 9.17) is 0 Å². The Bertz CT molecular complexity index is 524. The summed E-state index contributed by atoms with van der Waals surface area (Å²) in [7, 11) is 0. The predicted octanol–water partition coefficient (Wildman–Crippen LogP) is 16.0. The van der Waals surface area contributed by atoms with Crippen LogP contribution in [0.1, 0.15) is 225 Å². The lowest BCUT2D eigenvalue weighted by molar-refractivity contribution is 0.0595. The van der Waals surface area contributed by atoms with Crippen LogP contribution in [-0.2, 0) is 0 Å². The van der Waals surface area contributed by atoms with Crippen LogP contribution < -0.4 is 0 Å². The minimum Gasteiger partial charge on any atom is -0.0683 e. The van der Waals surface area contributed by atoms with Crippen molar-refractivity contribution >= 4 is 0 Å². The largest absolute Gasteiger partial charge is 0.0683 e. The maximum absolute atomic E-state index is 2.68. The first-order valence-corrected chi connectivity index (χ1v) is 20.6. The van der Waals surface area contributed by atoms with E-state index in [-0.39, 0.29) is 0 Å². The van der Waals surface area contributed by atoms with Crippen molar-refractivity contribution in [2.75, 3.05) is 0 Å². The SMILES string of the molecule is CC.CC.CC(C)C1CCCC(C2CCCC(C(C)(C)C3CCCC(C(C)C)CCC3)CCC2)CCC1.CCC.CCC. The smallest absolute Gasteiger partial charge is 0.0298 e. The predicted molar refractivity (Wildman–Crippen MR) is 202 cm³/mol. The first-order valence-electron chi connectivity index (χ1n) is 20.6. The van der Waals surface area contributed by atoms with Crippen molar-refractivity contribution in [2.45, 2.75) is 225 Å². The highest BCUT2D eigenvalue weighted by Gasteiger charge is 2.38. The van der Waals surface area contributed by atoms with E-state index in [0.717, 1.165) is 47.3 Å². The fourth-order valence-electron chi connectivity index (χ4n) is 8.75. The molecule has 3 aliphatic carbocycles. The topological polar surface area (TPSA) is 0 Å². The summed E-state index contributed by atoms with van der Waals surface area (Å²) < 4.78 is 0. The van der Waals surface area contributed by atoms with Crippen molar-refractivity contribution in [2.24, 2.45) is 52.8 Å². The van der Waals surface area contributed by atoms with Gasteiger partial charge in [-0.15, -0.1) is 0 Å². The summed E-state index contributed by atoms with van der Waals surface area (Å²) in [5.41, 5.74) is 0.559. The highest BCUT2D eigenvalue weighted by molar-refractivity contribution is 4.88. The molecule has 0 aliphatic heterocycles. The Balaban J connectivity index is 0. The summed E-state index contributed by atoms with van der Waals surface area (Å²) in [6.45, 7) is 31.7. The molecule has 262 valence electrons. The molecule has 0 nitrogen and oxygen atoms in total. The van der Waals surface area contributed by atoms with Gasteiger partial charge in [0, 0.05) is 0 Å². The third-order valence-electron chi connectivity index (χ3n) is 11.5. The Kier molecular flexibility index (Phi) is 29.6. The molecule has 43 heavy (non-hydrogen) atoms. The maximum atomic E-state index is 2.68. The molecule has 0 unspecified atom stereocenters. The molecule has 0 N–H and O–H groups in total. The Morgan fingerprint density at radius 3 is 0.860 bits per heavy atom. The zero-order chi connectivity index (χ0) is 33.3. The van der Waals surface area contributed by atoms with Gasteiger partial charge in [0.1, 0.15) is 0 Å². The fraction of sp³-hybridized carbons (Fsp3) is 1.00. The number of hydrogen-bond acceptors (Lipinski definition) is 0. The van der Waals surface area contributed by atoms with Gasteiger partial charge >= 0.3 is 0 Å². The van der Waals surface area contributed by atoms with E-state index in [0.29, 0.717) is 5.41 Å². The van der Waals surface area contributed by atoms with Crippen molar-refractivity contribution in [3.63, 3.8) is 0 Å². The Hall–Kier alpha value is 0. The molecule has 3 saturated carbocycles. The highest BCUT2D eigenvalue weighted by atomic mass is 14.4. The van der Waals surface area contributed by atoms with Crippen molar-refractivity contribution in [3.8, 4) is 0 Å². The molecule has 0 spiro atoms. The molecule has 0 amide bonds. The zero-order valence-electron chi connectivity index (χ0n) is 33.3. The summed E-state index contributed by atoms with van der Waals surface area (Å²) in [5, 5.41) is 0. The van der Waals surface area contributed by atoms with Gasteiger partial charge in [-0.3, -0.25) is 0 Å². The molecule has 3 aliphatic rings. The van der Waals surface area contributed by atoms with E-state index in [9.17, 15) is 0 Å². The van der Waals surface area contributed by atoms with Gasteiger partial charge in [-0.1, -0.05) is 200 Å². The second kappa shape index (κ2) is 28.2. The molecule has 0 aromatic carbocycles. The first-order chi connectivity index (χ1) is 20.6.